The number of furan rings is 1. The number of aliphatic hydroxyl groups excluding tert-OH is 1. The number of fused-ring (bicyclic) bond motifs is 1. The smallest absolute Gasteiger partial charge is 0.290 e. The zero-order chi connectivity index (χ0) is 22.0. The van der Waals surface area contributed by atoms with Crippen molar-refractivity contribution < 1.29 is 23.8 Å². The Hall–Kier alpha value is -3.54. The second-order valence-corrected chi connectivity index (χ2v) is 7.50. The minimum atomic E-state index is -0.708. The maximum absolute atomic E-state index is 13.5. The molecule has 1 N–H and O–H groups in total. The highest BCUT2D eigenvalue weighted by atomic mass is 16.5. The number of aliphatic hydroxyl groups is 1. The number of nitrogens with zero attached hydrogens (tertiary/aromatic N) is 1. The van der Waals surface area contributed by atoms with Gasteiger partial charge in [-0.1, -0.05) is 43.7 Å². The number of ketones is 1. The molecule has 31 heavy (non-hydrogen) atoms. The van der Waals surface area contributed by atoms with Gasteiger partial charge in [0.1, 0.15) is 11.3 Å². The minimum Gasteiger partial charge on any atom is -0.503 e. The highest BCUT2D eigenvalue weighted by molar-refractivity contribution is 6.16. The number of benzene rings is 2. The van der Waals surface area contributed by atoms with Gasteiger partial charge in [0.15, 0.2) is 11.5 Å². The molecule has 3 aromatic rings. The van der Waals surface area contributed by atoms with Crippen LogP contribution in [0.4, 0.5) is 0 Å². The quantitative estimate of drug-likeness (QED) is 0.507. The van der Waals surface area contributed by atoms with Crippen LogP contribution in [0.1, 0.15) is 48.8 Å². The number of carbonyl (C=O) groups excluding carboxylic acids is 2. The van der Waals surface area contributed by atoms with Crippen molar-refractivity contribution in [3.63, 3.8) is 0 Å². The number of carbonyl (C=O) groups is 2. The zero-order valence-electron chi connectivity index (χ0n) is 17.6. The lowest BCUT2D eigenvalue weighted by atomic mass is 9.94. The van der Waals surface area contributed by atoms with E-state index < -0.39 is 23.5 Å². The van der Waals surface area contributed by atoms with Gasteiger partial charge in [0.25, 0.3) is 5.91 Å². The van der Waals surface area contributed by atoms with E-state index in [9.17, 15) is 14.7 Å². The fraction of sp³-hybridized carbons (Fsp3) is 0.280. The molecule has 2 heterocycles. The average molecular weight is 419 g/mol. The number of rotatable bonds is 8. The molecule has 0 spiro atoms. The van der Waals surface area contributed by atoms with Crippen molar-refractivity contribution in [3.05, 3.63) is 77.3 Å². The second-order valence-electron chi connectivity index (χ2n) is 7.50. The van der Waals surface area contributed by atoms with Gasteiger partial charge in [-0.3, -0.25) is 9.59 Å². The molecule has 1 unspecified atom stereocenters. The molecule has 0 saturated heterocycles. The molecule has 0 saturated carbocycles. The Morgan fingerprint density at radius 2 is 1.94 bits per heavy atom. The predicted octanol–water partition coefficient (Wildman–Crippen LogP) is 5.21. The van der Waals surface area contributed by atoms with Gasteiger partial charge >= 0.3 is 0 Å². The van der Waals surface area contributed by atoms with Crippen molar-refractivity contribution in [1.29, 1.82) is 0 Å². The Morgan fingerprint density at radius 1 is 1.13 bits per heavy atom. The van der Waals surface area contributed by atoms with Gasteiger partial charge in [-0.2, -0.15) is 0 Å². The highest BCUT2D eigenvalue weighted by Crippen LogP contribution is 2.40. The third-order valence-electron chi connectivity index (χ3n) is 5.44. The van der Waals surface area contributed by atoms with E-state index in [1.807, 2.05) is 56.3 Å². The Balaban J connectivity index is 1.79. The van der Waals surface area contributed by atoms with Gasteiger partial charge < -0.3 is 19.2 Å². The Kier molecular flexibility index (Phi) is 5.80. The van der Waals surface area contributed by atoms with Crippen LogP contribution < -0.4 is 4.74 Å². The molecule has 1 amide bonds. The molecule has 1 atom stereocenters. The largest absolute Gasteiger partial charge is 0.503 e. The number of hydrogen-bond donors (Lipinski definition) is 1. The van der Waals surface area contributed by atoms with E-state index in [1.54, 1.807) is 17.0 Å². The summed E-state index contributed by atoms with van der Waals surface area (Å²) in [6.07, 6.45) is 1.63. The van der Waals surface area contributed by atoms with E-state index in [-0.39, 0.29) is 11.3 Å². The lowest BCUT2D eigenvalue weighted by Gasteiger charge is -2.26. The van der Waals surface area contributed by atoms with E-state index in [4.69, 9.17) is 9.15 Å². The molecule has 0 aliphatic carbocycles. The Bertz CT molecular complexity index is 1130. The topological polar surface area (TPSA) is 80.0 Å². The van der Waals surface area contributed by atoms with Crippen LogP contribution in [-0.4, -0.2) is 34.8 Å². The molecule has 0 bridgehead atoms. The van der Waals surface area contributed by atoms with Crippen LogP contribution in [0, 0.1) is 0 Å². The van der Waals surface area contributed by atoms with Crippen LogP contribution in [-0.2, 0) is 4.79 Å². The first-order chi connectivity index (χ1) is 15.0. The number of Topliss-reactive ketones (excluding diaryl/α,β-unsaturated/α-hetero) is 1. The molecule has 1 aromatic heterocycles. The highest BCUT2D eigenvalue weighted by Gasteiger charge is 2.44. The molecule has 0 fully saturated rings. The first-order valence-electron chi connectivity index (χ1n) is 10.5. The van der Waals surface area contributed by atoms with Crippen molar-refractivity contribution in [2.24, 2.45) is 0 Å². The summed E-state index contributed by atoms with van der Waals surface area (Å²) in [6, 6.07) is 15.5. The first-order valence-corrected chi connectivity index (χ1v) is 10.5. The summed E-state index contributed by atoms with van der Waals surface area (Å²) in [5, 5.41) is 11.5. The van der Waals surface area contributed by atoms with Gasteiger partial charge in [0.2, 0.25) is 5.78 Å². The minimum absolute atomic E-state index is 0.0359. The Labute approximate surface area is 180 Å². The molecule has 1 aliphatic rings. The van der Waals surface area contributed by atoms with Gasteiger partial charge in [0, 0.05) is 11.9 Å². The molecular formula is C25H25NO5. The van der Waals surface area contributed by atoms with Crippen molar-refractivity contribution in [3.8, 4) is 5.75 Å². The summed E-state index contributed by atoms with van der Waals surface area (Å²) in [5.74, 6) is -0.815. The lowest BCUT2D eigenvalue weighted by molar-refractivity contribution is -0.129. The number of ether oxygens (including phenoxy) is 1. The van der Waals surface area contributed by atoms with Crippen molar-refractivity contribution in [2.45, 2.75) is 32.7 Å². The normalized spacial score (nSPS) is 16.4. The van der Waals surface area contributed by atoms with Crippen LogP contribution >= 0.6 is 0 Å². The molecule has 160 valence electrons. The van der Waals surface area contributed by atoms with E-state index in [0.29, 0.717) is 30.0 Å². The van der Waals surface area contributed by atoms with E-state index in [0.717, 1.165) is 18.2 Å². The summed E-state index contributed by atoms with van der Waals surface area (Å²) in [4.78, 5) is 27.9. The van der Waals surface area contributed by atoms with Gasteiger partial charge in [0.05, 0.1) is 18.2 Å². The van der Waals surface area contributed by atoms with Gasteiger partial charge in [-0.05, 0) is 43.2 Å². The third-order valence-corrected chi connectivity index (χ3v) is 5.44. The maximum atomic E-state index is 13.5. The summed E-state index contributed by atoms with van der Waals surface area (Å²) >= 11 is 0. The number of amides is 1. The molecule has 1 aliphatic heterocycles. The van der Waals surface area contributed by atoms with Crippen molar-refractivity contribution in [2.75, 3.05) is 13.2 Å². The summed E-state index contributed by atoms with van der Waals surface area (Å²) in [5.41, 5.74) is 1.32. The van der Waals surface area contributed by atoms with Crippen LogP contribution in [0.5, 0.6) is 5.75 Å². The van der Waals surface area contributed by atoms with E-state index in [1.165, 1.54) is 0 Å². The van der Waals surface area contributed by atoms with E-state index >= 15 is 0 Å². The van der Waals surface area contributed by atoms with E-state index in [2.05, 4.69) is 0 Å². The summed E-state index contributed by atoms with van der Waals surface area (Å²) in [7, 11) is 0. The van der Waals surface area contributed by atoms with Gasteiger partial charge in [-0.15, -0.1) is 0 Å². The van der Waals surface area contributed by atoms with Crippen LogP contribution in [0.2, 0.25) is 0 Å². The number of para-hydroxylation sites is 1. The average Bonchev–Trinajstić information content (AvgIpc) is 3.32. The van der Waals surface area contributed by atoms with Crippen LogP contribution in [0.25, 0.3) is 11.0 Å². The summed E-state index contributed by atoms with van der Waals surface area (Å²) < 4.78 is 11.4. The molecule has 2 aromatic carbocycles. The predicted molar refractivity (Wildman–Crippen MR) is 117 cm³/mol. The van der Waals surface area contributed by atoms with Gasteiger partial charge in [-0.25, -0.2) is 0 Å². The lowest BCUT2D eigenvalue weighted by Crippen LogP contribution is -2.32. The molecule has 6 heteroatoms. The zero-order valence-corrected chi connectivity index (χ0v) is 17.6. The molecule has 6 nitrogen and oxygen atoms in total. The molecular weight excluding hydrogens is 394 g/mol. The molecule has 0 radical (unpaired) electrons. The van der Waals surface area contributed by atoms with Crippen molar-refractivity contribution >= 4 is 22.7 Å². The maximum Gasteiger partial charge on any atom is 0.290 e. The monoisotopic (exact) mass is 419 g/mol. The summed E-state index contributed by atoms with van der Waals surface area (Å²) in [6.45, 7) is 4.85. The second kappa shape index (κ2) is 8.68. The fourth-order valence-corrected chi connectivity index (χ4v) is 3.96. The SMILES string of the molecule is CCCCN1C(=O)C(O)=C(C(=O)c2cc3ccccc3o2)C1c1cccc(OCC)c1. The van der Waals surface area contributed by atoms with Crippen LogP contribution in [0.15, 0.2) is 70.3 Å². The standard InChI is InChI=1S/C25H25NO5/c1-3-5-13-26-22(17-10-8-11-18(14-17)30-4-2)21(24(28)25(26)29)23(27)20-15-16-9-6-7-12-19(16)31-20/h6-12,14-15,22,28H,3-5,13H2,1-2H3. The third kappa shape index (κ3) is 3.81. The number of hydrogen-bond acceptors (Lipinski definition) is 5. The Morgan fingerprint density at radius 3 is 2.68 bits per heavy atom. The molecule has 4 rings (SSSR count). The van der Waals surface area contributed by atoms with Crippen LogP contribution in [0.3, 0.4) is 0 Å². The van der Waals surface area contributed by atoms with Crippen molar-refractivity contribution in [1.82, 2.24) is 4.90 Å². The fourth-order valence-electron chi connectivity index (χ4n) is 3.96. The first kappa shape index (κ1) is 20.7. The number of unbranched alkanes of at least 4 members (excludes halogenated alkanes) is 1.